The molecule has 0 bridgehead atoms. The van der Waals surface area contributed by atoms with Gasteiger partial charge >= 0.3 is 0 Å². The number of hydrogen-bond donors (Lipinski definition) is 1. The fourth-order valence-corrected chi connectivity index (χ4v) is 4.94. The first-order chi connectivity index (χ1) is 13.6. The van der Waals surface area contributed by atoms with E-state index in [4.69, 9.17) is 4.74 Å². The second-order valence-electron chi connectivity index (χ2n) is 8.57. The summed E-state index contributed by atoms with van der Waals surface area (Å²) in [5.41, 5.74) is 0.0565. The third-order valence-electron chi connectivity index (χ3n) is 6.84. The standard InChI is InChI=1S/C22H33N3O3/c1-23-11-13-24(14-12-23)20-17-25(21(26)18-7-15-28-16-8-18)10-9-22(20,27)19-5-3-2-4-6-19/h2-6,18,20,27H,7-17H2,1H3/t20-,22+/m1/s1. The highest BCUT2D eigenvalue weighted by atomic mass is 16.5. The fourth-order valence-electron chi connectivity index (χ4n) is 4.94. The van der Waals surface area contributed by atoms with E-state index in [1.54, 1.807) is 0 Å². The van der Waals surface area contributed by atoms with E-state index in [-0.39, 0.29) is 17.9 Å². The fraction of sp³-hybridized carbons (Fsp3) is 0.682. The van der Waals surface area contributed by atoms with Crippen molar-refractivity contribution >= 4 is 5.91 Å². The highest BCUT2D eigenvalue weighted by Crippen LogP contribution is 2.37. The Hall–Kier alpha value is -1.47. The number of ether oxygens (including phenoxy) is 1. The van der Waals surface area contributed by atoms with Gasteiger partial charge in [-0.15, -0.1) is 0 Å². The van der Waals surface area contributed by atoms with Crippen molar-refractivity contribution in [3.05, 3.63) is 35.9 Å². The number of aliphatic hydroxyl groups is 1. The molecule has 0 spiro atoms. The van der Waals surface area contributed by atoms with Gasteiger partial charge in [0.15, 0.2) is 0 Å². The monoisotopic (exact) mass is 387 g/mol. The first kappa shape index (κ1) is 19.8. The number of likely N-dealkylation sites (tertiary alicyclic amines) is 1. The highest BCUT2D eigenvalue weighted by Gasteiger charge is 2.47. The molecule has 28 heavy (non-hydrogen) atoms. The molecule has 0 radical (unpaired) electrons. The van der Waals surface area contributed by atoms with Crippen LogP contribution in [0.3, 0.4) is 0 Å². The maximum Gasteiger partial charge on any atom is 0.225 e. The minimum absolute atomic E-state index is 0.0684. The molecular formula is C22H33N3O3. The Labute approximate surface area is 168 Å². The first-order valence-electron chi connectivity index (χ1n) is 10.6. The summed E-state index contributed by atoms with van der Waals surface area (Å²) in [5.74, 6) is 0.322. The number of amides is 1. The van der Waals surface area contributed by atoms with E-state index in [9.17, 15) is 9.90 Å². The third kappa shape index (κ3) is 3.96. The summed E-state index contributed by atoms with van der Waals surface area (Å²) in [4.78, 5) is 19.9. The minimum Gasteiger partial charge on any atom is -0.383 e. The number of piperazine rings is 1. The number of rotatable bonds is 3. The maximum atomic E-state index is 13.1. The predicted octanol–water partition coefficient (Wildman–Crippen LogP) is 1.15. The molecule has 154 valence electrons. The molecule has 0 aromatic heterocycles. The Kier molecular flexibility index (Phi) is 6.01. The van der Waals surface area contributed by atoms with E-state index in [1.165, 1.54) is 0 Å². The lowest BCUT2D eigenvalue weighted by Crippen LogP contribution is -2.64. The SMILES string of the molecule is CN1CCN([C@@H]2CN(C(=O)C3CCOCC3)CC[C@]2(O)c2ccccc2)CC1. The molecule has 3 aliphatic heterocycles. The van der Waals surface area contributed by atoms with Crippen molar-refractivity contribution in [2.75, 3.05) is 59.5 Å². The van der Waals surface area contributed by atoms with Gasteiger partial charge in [-0.2, -0.15) is 0 Å². The number of likely N-dealkylation sites (N-methyl/N-ethyl adjacent to an activating group) is 1. The van der Waals surface area contributed by atoms with Gasteiger partial charge in [0, 0.05) is 58.4 Å². The normalized spacial score (nSPS) is 31.1. The lowest BCUT2D eigenvalue weighted by atomic mass is 9.79. The van der Waals surface area contributed by atoms with Crippen LogP contribution >= 0.6 is 0 Å². The molecule has 0 aliphatic carbocycles. The van der Waals surface area contributed by atoms with Crippen LogP contribution in [0.25, 0.3) is 0 Å². The molecule has 1 aromatic rings. The Morgan fingerprint density at radius 3 is 2.43 bits per heavy atom. The van der Waals surface area contributed by atoms with E-state index in [0.29, 0.717) is 32.7 Å². The van der Waals surface area contributed by atoms with E-state index in [2.05, 4.69) is 16.8 Å². The Morgan fingerprint density at radius 1 is 1.07 bits per heavy atom. The van der Waals surface area contributed by atoms with Gasteiger partial charge in [0.05, 0.1) is 6.04 Å². The Morgan fingerprint density at radius 2 is 1.75 bits per heavy atom. The molecule has 3 fully saturated rings. The average Bonchev–Trinajstić information content (AvgIpc) is 2.75. The lowest BCUT2D eigenvalue weighted by molar-refractivity contribution is -0.151. The van der Waals surface area contributed by atoms with Gasteiger partial charge in [0.2, 0.25) is 5.91 Å². The zero-order valence-electron chi connectivity index (χ0n) is 16.9. The molecule has 0 saturated carbocycles. The quantitative estimate of drug-likeness (QED) is 0.843. The van der Waals surface area contributed by atoms with Crippen molar-refractivity contribution in [1.82, 2.24) is 14.7 Å². The third-order valence-corrected chi connectivity index (χ3v) is 6.84. The molecule has 3 saturated heterocycles. The largest absolute Gasteiger partial charge is 0.383 e. The van der Waals surface area contributed by atoms with E-state index in [1.807, 2.05) is 35.2 Å². The smallest absolute Gasteiger partial charge is 0.225 e. The minimum atomic E-state index is -0.913. The summed E-state index contributed by atoms with van der Waals surface area (Å²) in [5, 5.41) is 11.8. The van der Waals surface area contributed by atoms with Crippen molar-refractivity contribution in [2.24, 2.45) is 5.92 Å². The van der Waals surface area contributed by atoms with E-state index < -0.39 is 5.60 Å². The Bertz CT molecular complexity index is 656. The van der Waals surface area contributed by atoms with Gasteiger partial charge in [-0.05, 0) is 31.9 Å². The van der Waals surface area contributed by atoms with Crippen LogP contribution in [0.15, 0.2) is 30.3 Å². The van der Waals surface area contributed by atoms with Gasteiger partial charge < -0.3 is 19.6 Å². The van der Waals surface area contributed by atoms with Gasteiger partial charge in [0.1, 0.15) is 5.60 Å². The zero-order chi connectivity index (χ0) is 19.6. The number of benzene rings is 1. The summed E-state index contributed by atoms with van der Waals surface area (Å²) in [6.45, 7) is 6.42. The van der Waals surface area contributed by atoms with Crippen molar-refractivity contribution in [2.45, 2.75) is 30.9 Å². The van der Waals surface area contributed by atoms with Crippen molar-refractivity contribution in [3.63, 3.8) is 0 Å². The van der Waals surface area contributed by atoms with Crippen molar-refractivity contribution in [3.8, 4) is 0 Å². The summed E-state index contributed by atoms with van der Waals surface area (Å²) < 4.78 is 5.43. The molecule has 3 heterocycles. The second kappa shape index (κ2) is 8.49. The van der Waals surface area contributed by atoms with Crippen molar-refractivity contribution < 1.29 is 14.6 Å². The van der Waals surface area contributed by atoms with Gasteiger partial charge in [-0.25, -0.2) is 0 Å². The van der Waals surface area contributed by atoms with Crippen LogP contribution < -0.4 is 0 Å². The van der Waals surface area contributed by atoms with E-state index in [0.717, 1.165) is 44.6 Å². The average molecular weight is 388 g/mol. The summed E-state index contributed by atoms with van der Waals surface area (Å²) >= 11 is 0. The Balaban J connectivity index is 1.56. The molecule has 6 nitrogen and oxygen atoms in total. The van der Waals surface area contributed by atoms with Crippen LogP contribution in [0.1, 0.15) is 24.8 Å². The molecule has 6 heteroatoms. The van der Waals surface area contributed by atoms with Crippen LogP contribution in [0.2, 0.25) is 0 Å². The molecule has 2 atom stereocenters. The highest BCUT2D eigenvalue weighted by molar-refractivity contribution is 5.79. The lowest BCUT2D eigenvalue weighted by Gasteiger charge is -2.51. The van der Waals surface area contributed by atoms with Crippen LogP contribution in [0.5, 0.6) is 0 Å². The predicted molar refractivity (Wildman–Crippen MR) is 108 cm³/mol. The van der Waals surface area contributed by atoms with Gasteiger partial charge in [-0.1, -0.05) is 30.3 Å². The van der Waals surface area contributed by atoms with Crippen LogP contribution in [0, 0.1) is 5.92 Å². The summed E-state index contributed by atoms with van der Waals surface area (Å²) in [7, 11) is 2.14. The molecule has 1 aromatic carbocycles. The van der Waals surface area contributed by atoms with Crippen molar-refractivity contribution in [1.29, 1.82) is 0 Å². The zero-order valence-corrected chi connectivity index (χ0v) is 16.9. The van der Waals surface area contributed by atoms with Crippen LogP contribution in [-0.2, 0) is 15.1 Å². The number of nitrogens with zero attached hydrogens (tertiary/aromatic N) is 3. The molecule has 3 aliphatic rings. The number of carbonyl (C=O) groups is 1. The topological polar surface area (TPSA) is 56.2 Å². The first-order valence-corrected chi connectivity index (χ1v) is 10.6. The van der Waals surface area contributed by atoms with Gasteiger partial charge in [0.25, 0.3) is 0 Å². The molecular weight excluding hydrogens is 354 g/mol. The summed E-state index contributed by atoms with van der Waals surface area (Å²) in [6.07, 6.45) is 2.22. The number of hydrogen-bond acceptors (Lipinski definition) is 5. The number of piperidine rings is 1. The van der Waals surface area contributed by atoms with Crippen LogP contribution in [0.4, 0.5) is 0 Å². The molecule has 0 unspecified atom stereocenters. The number of carbonyl (C=O) groups excluding carboxylic acids is 1. The van der Waals surface area contributed by atoms with Crippen LogP contribution in [-0.4, -0.2) is 91.3 Å². The molecule has 1 N–H and O–H groups in total. The maximum absolute atomic E-state index is 13.1. The van der Waals surface area contributed by atoms with Gasteiger partial charge in [-0.3, -0.25) is 9.69 Å². The molecule has 4 rings (SSSR count). The second-order valence-corrected chi connectivity index (χ2v) is 8.57. The molecule has 1 amide bonds. The van der Waals surface area contributed by atoms with E-state index >= 15 is 0 Å². The summed E-state index contributed by atoms with van der Waals surface area (Å²) in [6, 6.07) is 9.96.